The van der Waals surface area contributed by atoms with Gasteiger partial charge in [0.2, 0.25) is 0 Å². The molecule has 1 heterocycles. The van der Waals surface area contributed by atoms with Gasteiger partial charge in [0.15, 0.2) is 0 Å². The first kappa shape index (κ1) is 14.4. The van der Waals surface area contributed by atoms with E-state index in [0.717, 1.165) is 24.8 Å². The van der Waals surface area contributed by atoms with Gasteiger partial charge in [-0.15, -0.1) is 0 Å². The van der Waals surface area contributed by atoms with Crippen LogP contribution < -0.4 is 9.64 Å². The monoisotopic (exact) mass is 262 g/mol. The Morgan fingerprint density at radius 3 is 2.53 bits per heavy atom. The van der Waals surface area contributed by atoms with Crippen LogP contribution in [0.4, 0.5) is 0 Å². The summed E-state index contributed by atoms with van der Waals surface area (Å²) >= 11 is 0. The Kier molecular flexibility index (Phi) is 4.87. The fourth-order valence-corrected chi connectivity index (χ4v) is 3.32. The van der Waals surface area contributed by atoms with E-state index in [-0.39, 0.29) is 0 Å². The highest BCUT2D eigenvalue weighted by atomic mass is 16.5. The highest BCUT2D eigenvalue weighted by molar-refractivity contribution is 5.42. The molecule has 2 nitrogen and oxygen atoms in total. The van der Waals surface area contributed by atoms with Gasteiger partial charge in [0.1, 0.15) is 18.9 Å². The summed E-state index contributed by atoms with van der Waals surface area (Å²) in [5, 5.41) is 0. The third kappa shape index (κ3) is 3.97. The smallest absolute Gasteiger partial charge is 0.137 e. The van der Waals surface area contributed by atoms with Crippen molar-refractivity contribution in [3.63, 3.8) is 0 Å². The second-order valence-corrected chi connectivity index (χ2v) is 6.28. The molecule has 1 aromatic rings. The highest BCUT2D eigenvalue weighted by Gasteiger charge is 2.19. The van der Waals surface area contributed by atoms with E-state index in [1.165, 1.54) is 42.6 Å². The van der Waals surface area contributed by atoms with Gasteiger partial charge in [0.05, 0.1) is 13.1 Å². The molecule has 1 aliphatic rings. The van der Waals surface area contributed by atoms with Crippen molar-refractivity contribution in [3.05, 3.63) is 28.8 Å². The van der Waals surface area contributed by atoms with E-state index in [9.17, 15) is 0 Å². The van der Waals surface area contributed by atoms with Crippen LogP contribution in [0.3, 0.4) is 0 Å². The fourth-order valence-electron chi connectivity index (χ4n) is 3.32. The first-order valence-corrected chi connectivity index (χ1v) is 7.60. The summed E-state index contributed by atoms with van der Waals surface area (Å²) in [6.45, 7) is 13.4. The molecule has 0 aliphatic carbocycles. The summed E-state index contributed by atoms with van der Waals surface area (Å²) in [7, 11) is 0. The summed E-state index contributed by atoms with van der Waals surface area (Å²) in [4.78, 5) is 1.71. The maximum absolute atomic E-state index is 6.04. The number of ether oxygens (including phenoxy) is 1. The summed E-state index contributed by atoms with van der Waals surface area (Å²) in [5.41, 5.74) is 3.84. The highest BCUT2D eigenvalue weighted by Crippen LogP contribution is 2.24. The van der Waals surface area contributed by atoms with Gasteiger partial charge < -0.3 is 9.64 Å². The van der Waals surface area contributed by atoms with Crippen molar-refractivity contribution in [2.24, 2.45) is 5.92 Å². The lowest BCUT2D eigenvalue weighted by Crippen LogP contribution is -3.14. The summed E-state index contributed by atoms with van der Waals surface area (Å²) < 4.78 is 6.04. The quantitative estimate of drug-likeness (QED) is 0.879. The van der Waals surface area contributed by atoms with Crippen LogP contribution in [0, 0.1) is 26.7 Å². The van der Waals surface area contributed by atoms with Gasteiger partial charge in [-0.1, -0.05) is 24.6 Å². The molecule has 0 spiro atoms. The molecular formula is C17H28NO+. The van der Waals surface area contributed by atoms with E-state index < -0.39 is 0 Å². The third-order valence-electron chi connectivity index (χ3n) is 4.17. The molecule has 0 saturated carbocycles. The van der Waals surface area contributed by atoms with Crippen molar-refractivity contribution in [2.45, 2.75) is 40.5 Å². The number of quaternary nitrogens is 1. The van der Waals surface area contributed by atoms with Crippen LogP contribution in [0.15, 0.2) is 12.1 Å². The summed E-state index contributed by atoms with van der Waals surface area (Å²) in [5.74, 6) is 1.97. The molecule has 2 rings (SSSR count). The topological polar surface area (TPSA) is 13.7 Å². The van der Waals surface area contributed by atoms with Crippen LogP contribution in [0.1, 0.15) is 36.5 Å². The van der Waals surface area contributed by atoms with Gasteiger partial charge in [0.25, 0.3) is 0 Å². The van der Waals surface area contributed by atoms with Crippen LogP contribution in [0.25, 0.3) is 0 Å². The summed E-state index contributed by atoms with van der Waals surface area (Å²) in [6, 6.07) is 4.41. The molecule has 1 aliphatic heterocycles. The number of piperidine rings is 1. The average Bonchev–Trinajstić information content (AvgIpc) is 2.32. The maximum atomic E-state index is 6.04. The molecule has 106 valence electrons. The molecular weight excluding hydrogens is 234 g/mol. The number of hydrogen-bond donors (Lipinski definition) is 1. The van der Waals surface area contributed by atoms with Gasteiger partial charge in [-0.05, 0) is 44.7 Å². The van der Waals surface area contributed by atoms with Gasteiger partial charge in [-0.3, -0.25) is 0 Å². The lowest BCUT2D eigenvalue weighted by Gasteiger charge is -2.27. The van der Waals surface area contributed by atoms with Crippen molar-refractivity contribution >= 4 is 0 Å². The Balaban J connectivity index is 1.85. The standard InChI is InChI=1S/C17H27NO/c1-13-6-5-7-18(12-13)8-9-19-17-15(3)10-14(2)11-16(17)4/h10-11,13H,5-9,12H2,1-4H3/p+1/t13-/m1/s1. The molecule has 1 aromatic carbocycles. The number of likely N-dealkylation sites (tertiary alicyclic amines) is 1. The lowest BCUT2D eigenvalue weighted by atomic mass is 10.0. The van der Waals surface area contributed by atoms with E-state index in [1.807, 2.05) is 0 Å². The normalized spacial score (nSPS) is 23.4. The van der Waals surface area contributed by atoms with E-state index >= 15 is 0 Å². The number of benzene rings is 1. The first-order chi connectivity index (χ1) is 9.06. The van der Waals surface area contributed by atoms with Crippen LogP contribution in [-0.2, 0) is 0 Å². The Morgan fingerprint density at radius 1 is 1.21 bits per heavy atom. The Hall–Kier alpha value is -1.02. The minimum absolute atomic E-state index is 0.840. The summed E-state index contributed by atoms with van der Waals surface area (Å²) in [6.07, 6.45) is 2.78. The Morgan fingerprint density at radius 2 is 1.89 bits per heavy atom. The van der Waals surface area contributed by atoms with Gasteiger partial charge >= 0.3 is 0 Å². The van der Waals surface area contributed by atoms with Crippen LogP contribution in [-0.4, -0.2) is 26.2 Å². The number of aryl methyl sites for hydroxylation is 3. The molecule has 1 fully saturated rings. The SMILES string of the molecule is Cc1cc(C)c(OCC[NH+]2CCC[C@@H](C)C2)c(C)c1. The molecule has 0 aromatic heterocycles. The van der Waals surface area contributed by atoms with Crippen LogP contribution in [0.2, 0.25) is 0 Å². The minimum Gasteiger partial charge on any atom is -0.487 e. The molecule has 1 unspecified atom stereocenters. The Bertz CT molecular complexity index is 404. The van der Waals surface area contributed by atoms with Crippen molar-refractivity contribution in [2.75, 3.05) is 26.2 Å². The van der Waals surface area contributed by atoms with Crippen molar-refractivity contribution < 1.29 is 9.64 Å². The zero-order valence-corrected chi connectivity index (χ0v) is 12.9. The van der Waals surface area contributed by atoms with E-state index in [0.29, 0.717) is 0 Å². The number of nitrogens with one attached hydrogen (secondary N) is 1. The zero-order chi connectivity index (χ0) is 13.8. The second-order valence-electron chi connectivity index (χ2n) is 6.28. The zero-order valence-electron chi connectivity index (χ0n) is 12.9. The molecule has 19 heavy (non-hydrogen) atoms. The molecule has 1 N–H and O–H groups in total. The van der Waals surface area contributed by atoms with Gasteiger partial charge in [-0.2, -0.15) is 0 Å². The molecule has 2 heteroatoms. The third-order valence-corrected chi connectivity index (χ3v) is 4.17. The predicted octanol–water partition coefficient (Wildman–Crippen LogP) is 2.31. The molecule has 0 bridgehead atoms. The molecule has 0 radical (unpaired) electrons. The Labute approximate surface area is 117 Å². The van der Waals surface area contributed by atoms with Gasteiger partial charge in [0, 0.05) is 5.92 Å². The number of hydrogen-bond acceptors (Lipinski definition) is 1. The maximum Gasteiger partial charge on any atom is 0.137 e. The lowest BCUT2D eigenvalue weighted by molar-refractivity contribution is -0.908. The molecule has 2 atom stereocenters. The first-order valence-electron chi connectivity index (χ1n) is 7.60. The van der Waals surface area contributed by atoms with Crippen LogP contribution in [0.5, 0.6) is 5.75 Å². The minimum atomic E-state index is 0.840. The number of rotatable bonds is 4. The molecule has 1 saturated heterocycles. The largest absolute Gasteiger partial charge is 0.487 e. The fraction of sp³-hybridized carbons (Fsp3) is 0.647. The second kappa shape index (κ2) is 6.42. The molecule has 0 amide bonds. The predicted molar refractivity (Wildman–Crippen MR) is 80.1 cm³/mol. The van der Waals surface area contributed by atoms with E-state index in [1.54, 1.807) is 4.90 Å². The van der Waals surface area contributed by atoms with Crippen molar-refractivity contribution in [3.8, 4) is 5.75 Å². The van der Waals surface area contributed by atoms with Crippen LogP contribution >= 0.6 is 0 Å². The van der Waals surface area contributed by atoms with Gasteiger partial charge in [-0.25, -0.2) is 0 Å². The van der Waals surface area contributed by atoms with E-state index in [2.05, 4.69) is 39.8 Å². The van der Waals surface area contributed by atoms with Crippen molar-refractivity contribution in [1.82, 2.24) is 0 Å². The van der Waals surface area contributed by atoms with Crippen molar-refractivity contribution in [1.29, 1.82) is 0 Å². The average molecular weight is 262 g/mol. The van der Waals surface area contributed by atoms with E-state index in [4.69, 9.17) is 4.74 Å².